The van der Waals surface area contributed by atoms with Gasteiger partial charge in [-0.2, -0.15) is 6.07 Å². The van der Waals surface area contributed by atoms with Crippen LogP contribution < -0.4 is 13.9 Å². The van der Waals surface area contributed by atoms with E-state index in [2.05, 4.69) is 139 Å². The van der Waals surface area contributed by atoms with Gasteiger partial charge in [-0.05, 0) is 75.0 Å². The van der Waals surface area contributed by atoms with E-state index in [-0.39, 0.29) is 26.5 Å². The Hall–Kier alpha value is -7.76. The van der Waals surface area contributed by atoms with Crippen LogP contribution in [0.5, 0.6) is 11.5 Å². The fourth-order valence-electron chi connectivity index (χ4n) is 9.36. The molecule has 0 radical (unpaired) electrons. The van der Waals surface area contributed by atoms with E-state index in [4.69, 9.17) is 9.72 Å². The fourth-order valence-corrected chi connectivity index (χ4v) is 9.36. The Balaban J connectivity index is 0.00000494. The average molecular weight is 1060 g/mol. The van der Waals surface area contributed by atoms with E-state index >= 15 is 0 Å². The molecule has 12 rings (SSSR count). The van der Waals surface area contributed by atoms with Crippen molar-refractivity contribution in [2.45, 2.75) is 26.2 Å². The molecular formula is C58H39F2N5OPt+2. The molecule has 8 aromatic carbocycles. The SMILES string of the molecule is CC(C)(C)c1ccnc(-n2c3[c-]c(Oc4[c-]c([N+]5=C=[N+](c6ccccc6-c6cc(F)cc(F)c6)c6ccccc65)cc(-n5c6ccccc6c6ccccc65)c4)ccc3c3ccccc32)c1.[Pt+2]. The molecule has 67 heavy (non-hydrogen) atoms. The fraction of sp³-hybridized carbons (Fsp3) is 0.0690. The standard InChI is InChI=1S/C58H39F2N5O.Pt/c1-58(2,3)38-26-27-61-57(30-38)65-53-21-11-7-17-48(53)49-25-24-43(35-56(49)65)66-44-33-41(32-42(34-44)64-51-19-9-5-15-46(51)47-16-6-10-20-52(47)64)62-36-63(55-23-13-12-22-54(55)62)50-18-8-4-14-45(50)37-28-39(59)31-40(60)29-37;/h4-32,34H,1-3H3;/q;+2. The van der Waals surface area contributed by atoms with Gasteiger partial charge in [0.1, 0.15) is 23.1 Å². The van der Waals surface area contributed by atoms with Crippen molar-refractivity contribution in [3.8, 4) is 34.1 Å². The van der Waals surface area contributed by atoms with Crippen molar-refractivity contribution in [1.82, 2.24) is 23.3 Å². The van der Waals surface area contributed by atoms with Gasteiger partial charge in [-0.3, -0.25) is 0 Å². The van der Waals surface area contributed by atoms with E-state index in [1.165, 1.54) is 17.7 Å². The summed E-state index contributed by atoms with van der Waals surface area (Å²) in [6.45, 7) is 6.61. The molecule has 6 nitrogen and oxygen atoms in total. The monoisotopic (exact) mass is 1050 g/mol. The number of para-hydroxylation sites is 6. The topological polar surface area (TPSA) is 38.0 Å². The van der Waals surface area contributed by atoms with Gasteiger partial charge in [-0.1, -0.05) is 128 Å². The Labute approximate surface area is 399 Å². The smallest absolute Gasteiger partial charge is 0.509 e. The van der Waals surface area contributed by atoms with Crippen LogP contribution >= 0.6 is 0 Å². The zero-order valence-electron chi connectivity index (χ0n) is 36.5. The van der Waals surface area contributed by atoms with Crippen LogP contribution in [0.3, 0.4) is 0 Å². The summed E-state index contributed by atoms with van der Waals surface area (Å²) in [6.07, 6.45) is 1.87. The number of benzene rings is 8. The zero-order chi connectivity index (χ0) is 44.7. The predicted molar refractivity (Wildman–Crippen MR) is 262 cm³/mol. The maximum absolute atomic E-state index is 14.7. The Morgan fingerprint density at radius 1 is 0.552 bits per heavy atom. The predicted octanol–water partition coefficient (Wildman–Crippen LogP) is 14.8. The second-order valence-corrected chi connectivity index (χ2v) is 17.6. The third-order valence-corrected chi connectivity index (χ3v) is 12.4. The minimum Gasteiger partial charge on any atom is -0.509 e. The summed E-state index contributed by atoms with van der Waals surface area (Å²) in [6, 6.07) is 67.5. The first kappa shape index (κ1) is 41.9. The molecule has 1 aliphatic heterocycles. The first-order chi connectivity index (χ1) is 32.2. The van der Waals surface area contributed by atoms with Gasteiger partial charge in [0.15, 0.2) is 0 Å². The zero-order valence-corrected chi connectivity index (χ0v) is 38.8. The van der Waals surface area contributed by atoms with Crippen LogP contribution in [0.4, 0.5) is 31.5 Å². The summed E-state index contributed by atoms with van der Waals surface area (Å²) in [5, 5.41) is 4.38. The van der Waals surface area contributed by atoms with Gasteiger partial charge >= 0.3 is 27.1 Å². The van der Waals surface area contributed by atoms with Crippen LogP contribution in [0.25, 0.3) is 66.2 Å². The van der Waals surface area contributed by atoms with Gasteiger partial charge in [0.05, 0.1) is 16.6 Å². The van der Waals surface area contributed by atoms with E-state index in [0.29, 0.717) is 34.0 Å². The molecule has 0 N–H and O–H groups in total. The first-order valence-electron chi connectivity index (χ1n) is 21.8. The molecule has 0 unspecified atom stereocenters. The second kappa shape index (κ2) is 16.3. The normalized spacial score (nSPS) is 12.4. The van der Waals surface area contributed by atoms with Crippen LogP contribution in [-0.2, 0) is 26.5 Å². The number of ether oxygens (including phenoxy) is 1. The number of hydrogen-bond acceptors (Lipinski definition) is 2. The summed E-state index contributed by atoms with van der Waals surface area (Å²) in [5.41, 5.74) is 9.99. The van der Waals surface area contributed by atoms with Gasteiger partial charge in [0, 0.05) is 58.3 Å². The molecule has 0 atom stereocenters. The summed E-state index contributed by atoms with van der Waals surface area (Å²) >= 11 is 0. The molecule has 0 saturated carbocycles. The van der Waals surface area contributed by atoms with Gasteiger partial charge in [-0.15, -0.1) is 23.6 Å². The van der Waals surface area contributed by atoms with Crippen LogP contribution in [0.1, 0.15) is 26.3 Å². The third-order valence-electron chi connectivity index (χ3n) is 12.4. The number of aromatic nitrogens is 3. The average Bonchev–Trinajstić information content (AvgIpc) is 3.99. The van der Waals surface area contributed by atoms with Crippen LogP contribution in [-0.4, -0.2) is 20.1 Å². The molecule has 0 saturated heterocycles. The van der Waals surface area contributed by atoms with E-state index in [1.807, 2.05) is 82.1 Å². The molecular weight excluding hydrogens is 1020 g/mol. The number of hydrogen-bond donors (Lipinski definition) is 0. The second-order valence-electron chi connectivity index (χ2n) is 17.6. The van der Waals surface area contributed by atoms with Crippen LogP contribution in [0, 0.1) is 23.8 Å². The molecule has 324 valence electrons. The largest absolute Gasteiger partial charge is 2.00 e. The van der Waals surface area contributed by atoms with E-state index in [1.54, 1.807) is 0 Å². The van der Waals surface area contributed by atoms with Gasteiger partial charge in [0.25, 0.3) is 11.4 Å². The van der Waals surface area contributed by atoms with Crippen molar-refractivity contribution in [2.24, 2.45) is 0 Å². The minimum absolute atomic E-state index is 0. The quantitative estimate of drug-likeness (QED) is 0.118. The molecule has 11 aromatic rings. The van der Waals surface area contributed by atoms with E-state index in [9.17, 15) is 8.78 Å². The number of fused-ring (bicyclic) bond motifs is 7. The third kappa shape index (κ3) is 7.17. The summed E-state index contributed by atoms with van der Waals surface area (Å²) < 4.78 is 44.5. The minimum atomic E-state index is -0.649. The van der Waals surface area contributed by atoms with Crippen molar-refractivity contribution in [2.75, 3.05) is 0 Å². The Morgan fingerprint density at radius 3 is 1.81 bits per heavy atom. The summed E-state index contributed by atoms with van der Waals surface area (Å²) in [4.78, 5) is 4.87. The molecule has 0 aliphatic carbocycles. The summed E-state index contributed by atoms with van der Waals surface area (Å²) in [7, 11) is 0. The van der Waals surface area contributed by atoms with Crippen molar-refractivity contribution < 1.29 is 34.6 Å². The molecule has 9 heteroatoms. The Kier molecular flexibility index (Phi) is 10.2. The maximum atomic E-state index is 14.7. The molecule has 0 fully saturated rings. The molecule has 3 aromatic heterocycles. The van der Waals surface area contributed by atoms with Crippen LogP contribution in [0.2, 0.25) is 0 Å². The number of halogens is 2. The molecule has 0 spiro atoms. The summed E-state index contributed by atoms with van der Waals surface area (Å²) in [5.74, 6) is 0.474. The molecule has 0 amide bonds. The van der Waals surface area contributed by atoms with Gasteiger partial charge < -0.3 is 13.9 Å². The van der Waals surface area contributed by atoms with Crippen molar-refractivity contribution >= 4 is 72.4 Å². The Bertz CT molecular complexity index is 3800. The van der Waals surface area contributed by atoms with Gasteiger partial charge in [-0.25, -0.2) is 13.8 Å². The van der Waals surface area contributed by atoms with Crippen molar-refractivity contribution in [3.05, 3.63) is 211 Å². The maximum Gasteiger partial charge on any atom is 2.00 e. The first-order valence-corrected chi connectivity index (χ1v) is 21.8. The number of pyridine rings is 1. The van der Waals surface area contributed by atoms with Crippen molar-refractivity contribution in [3.63, 3.8) is 0 Å². The molecule has 4 heterocycles. The van der Waals surface area contributed by atoms with E-state index < -0.39 is 11.6 Å². The van der Waals surface area contributed by atoms with Crippen molar-refractivity contribution in [1.29, 1.82) is 0 Å². The van der Waals surface area contributed by atoms with E-state index in [0.717, 1.165) is 72.6 Å². The van der Waals surface area contributed by atoms with Gasteiger partial charge in [0.2, 0.25) is 5.69 Å². The molecule has 1 aliphatic rings. The Morgan fingerprint density at radius 2 is 1.13 bits per heavy atom. The molecule has 0 bridgehead atoms. The number of rotatable bonds is 7. The number of nitrogens with zero attached hydrogens (tertiary/aromatic N) is 5. The van der Waals surface area contributed by atoms with Crippen LogP contribution in [0.15, 0.2) is 182 Å².